The largest absolute Gasteiger partial charge is 0.425 e. The number of nitrogens with zero attached hydrogens (tertiary/aromatic N) is 1. The fraction of sp³-hybridized carbons (Fsp3) is 0.238. The highest BCUT2D eigenvalue weighted by atomic mass is 32.2. The number of ether oxygens (including phenoxy) is 1. The van der Waals surface area contributed by atoms with Gasteiger partial charge in [-0.05, 0) is 43.7 Å². The first-order valence-electron chi connectivity index (χ1n) is 9.09. The molecule has 2 aliphatic heterocycles. The normalized spacial score (nSPS) is 20.4. The maximum absolute atomic E-state index is 12.8. The second kappa shape index (κ2) is 6.04. The van der Waals surface area contributed by atoms with Gasteiger partial charge in [0.15, 0.2) is 0 Å². The van der Waals surface area contributed by atoms with Crippen molar-refractivity contribution in [2.45, 2.75) is 30.0 Å². The first-order chi connectivity index (χ1) is 13.5. The first-order valence-corrected chi connectivity index (χ1v) is 9.97. The second-order valence-corrected chi connectivity index (χ2v) is 8.24. The van der Waals surface area contributed by atoms with Crippen molar-refractivity contribution in [3.8, 4) is 5.75 Å². The van der Waals surface area contributed by atoms with E-state index >= 15 is 0 Å². The number of nitrogens with two attached hydrogens (primary N) is 1. The van der Waals surface area contributed by atoms with Gasteiger partial charge in [-0.3, -0.25) is 4.79 Å². The van der Waals surface area contributed by atoms with E-state index in [-0.39, 0.29) is 17.3 Å². The summed E-state index contributed by atoms with van der Waals surface area (Å²) >= 11 is 1.51. The number of aryl methyl sites for hydroxylation is 1. The number of carbonyl (C=O) groups is 1. The molecule has 0 amide bonds. The van der Waals surface area contributed by atoms with Crippen LogP contribution >= 0.6 is 11.8 Å². The number of hydrogen-bond donors (Lipinski definition) is 1. The Balaban J connectivity index is 1.76. The van der Waals surface area contributed by atoms with E-state index in [1.165, 1.54) is 17.8 Å². The summed E-state index contributed by atoms with van der Waals surface area (Å²) in [5.41, 5.74) is 9.48. The van der Waals surface area contributed by atoms with Crippen molar-refractivity contribution in [2.75, 3.05) is 17.2 Å². The Labute approximate surface area is 165 Å². The van der Waals surface area contributed by atoms with E-state index in [0.717, 1.165) is 27.1 Å². The van der Waals surface area contributed by atoms with Gasteiger partial charge in [0.1, 0.15) is 16.6 Å². The minimum atomic E-state index is -0.419. The zero-order valence-electron chi connectivity index (χ0n) is 15.4. The SMILES string of the molecule is CCN1c2cc(N)ccc2SC2C(=O)Oc3cc4oc(=O)cc(C)c4cc3C21. The summed E-state index contributed by atoms with van der Waals surface area (Å²) in [7, 11) is 0. The Morgan fingerprint density at radius 1 is 1.18 bits per heavy atom. The summed E-state index contributed by atoms with van der Waals surface area (Å²) in [6.07, 6.45) is 0. The Morgan fingerprint density at radius 2 is 2.00 bits per heavy atom. The highest BCUT2D eigenvalue weighted by Crippen LogP contribution is 2.52. The maximum Gasteiger partial charge on any atom is 0.336 e. The fourth-order valence-electron chi connectivity index (χ4n) is 4.10. The molecule has 6 nitrogen and oxygen atoms in total. The van der Waals surface area contributed by atoms with Crippen LogP contribution in [0.25, 0.3) is 11.0 Å². The van der Waals surface area contributed by atoms with Gasteiger partial charge in [0.25, 0.3) is 0 Å². The maximum atomic E-state index is 12.8. The lowest BCUT2D eigenvalue weighted by Gasteiger charge is -2.44. The topological polar surface area (TPSA) is 85.8 Å². The third-order valence-electron chi connectivity index (χ3n) is 5.35. The lowest BCUT2D eigenvalue weighted by Crippen LogP contribution is -2.46. The third-order valence-corrected chi connectivity index (χ3v) is 6.66. The summed E-state index contributed by atoms with van der Waals surface area (Å²) in [4.78, 5) is 27.8. The molecule has 2 aliphatic rings. The van der Waals surface area contributed by atoms with Crippen LogP contribution in [0.15, 0.2) is 50.5 Å². The van der Waals surface area contributed by atoms with Crippen LogP contribution in [-0.2, 0) is 4.79 Å². The number of thioether (sulfide) groups is 1. The molecule has 0 aliphatic carbocycles. The van der Waals surface area contributed by atoms with Crippen LogP contribution in [0.4, 0.5) is 11.4 Å². The number of esters is 1. The van der Waals surface area contributed by atoms with Crippen LogP contribution in [0, 0.1) is 6.92 Å². The van der Waals surface area contributed by atoms with E-state index in [4.69, 9.17) is 14.9 Å². The van der Waals surface area contributed by atoms with Crippen molar-refractivity contribution >= 4 is 40.1 Å². The Bertz CT molecular complexity index is 1200. The summed E-state index contributed by atoms with van der Waals surface area (Å²) in [5.74, 6) is 0.150. The molecule has 3 heterocycles. The van der Waals surface area contributed by atoms with E-state index in [1.807, 2.05) is 31.2 Å². The highest BCUT2D eigenvalue weighted by Gasteiger charge is 2.45. The van der Waals surface area contributed by atoms with Gasteiger partial charge in [0, 0.05) is 40.2 Å². The highest BCUT2D eigenvalue weighted by molar-refractivity contribution is 8.00. The summed E-state index contributed by atoms with van der Waals surface area (Å²) in [5, 5.41) is 0.464. The minimum absolute atomic E-state index is 0.184. The summed E-state index contributed by atoms with van der Waals surface area (Å²) < 4.78 is 11.0. The van der Waals surface area contributed by atoms with Gasteiger partial charge < -0.3 is 19.8 Å². The number of nitrogen functional groups attached to an aromatic ring is 1. The number of rotatable bonds is 1. The van der Waals surface area contributed by atoms with Gasteiger partial charge in [-0.1, -0.05) is 0 Å². The smallest absolute Gasteiger partial charge is 0.336 e. The number of hydrogen-bond acceptors (Lipinski definition) is 7. The van der Waals surface area contributed by atoms with Gasteiger partial charge in [-0.25, -0.2) is 4.79 Å². The number of fused-ring (bicyclic) bond motifs is 5. The standard InChI is InChI=1S/C21H18N2O4S/c1-3-23-14-7-11(22)4-5-17(14)28-20-19(23)13-8-12-10(2)6-18(24)26-15(12)9-16(13)27-21(20)25/h4-9,19-20H,3,22H2,1-2H3. The van der Waals surface area contributed by atoms with Crippen molar-refractivity contribution in [1.82, 2.24) is 0 Å². The van der Waals surface area contributed by atoms with E-state index < -0.39 is 5.63 Å². The van der Waals surface area contributed by atoms with Crippen molar-refractivity contribution in [2.24, 2.45) is 0 Å². The molecule has 0 fully saturated rings. The average molecular weight is 394 g/mol. The monoisotopic (exact) mass is 394 g/mol. The Kier molecular flexibility index (Phi) is 3.71. The van der Waals surface area contributed by atoms with Crippen LogP contribution in [-0.4, -0.2) is 17.8 Å². The predicted octanol–water partition coefficient (Wildman–Crippen LogP) is 3.64. The van der Waals surface area contributed by atoms with E-state index in [1.54, 1.807) is 6.07 Å². The third kappa shape index (κ3) is 2.43. The van der Waals surface area contributed by atoms with Crippen LogP contribution in [0.3, 0.4) is 0 Å². The molecule has 2 unspecified atom stereocenters. The van der Waals surface area contributed by atoms with Crippen molar-refractivity contribution in [3.63, 3.8) is 0 Å². The van der Waals surface area contributed by atoms with Crippen LogP contribution in [0.2, 0.25) is 0 Å². The van der Waals surface area contributed by atoms with Crippen molar-refractivity contribution in [3.05, 3.63) is 57.9 Å². The Morgan fingerprint density at radius 3 is 2.79 bits per heavy atom. The van der Waals surface area contributed by atoms with Crippen LogP contribution in [0.5, 0.6) is 5.75 Å². The molecule has 0 radical (unpaired) electrons. The van der Waals surface area contributed by atoms with Gasteiger partial charge in [0.05, 0.1) is 11.7 Å². The molecule has 2 N–H and O–H groups in total. The predicted molar refractivity (Wildman–Crippen MR) is 109 cm³/mol. The zero-order chi connectivity index (χ0) is 19.6. The molecule has 0 spiro atoms. The molecule has 2 atom stereocenters. The zero-order valence-corrected chi connectivity index (χ0v) is 16.2. The van der Waals surface area contributed by atoms with Crippen LogP contribution < -0.4 is 21.0 Å². The molecule has 0 bridgehead atoms. The van der Waals surface area contributed by atoms with E-state index in [0.29, 0.717) is 23.6 Å². The molecule has 0 saturated heterocycles. The fourth-order valence-corrected chi connectivity index (χ4v) is 5.38. The molecule has 1 aromatic heterocycles. The quantitative estimate of drug-likeness (QED) is 0.292. The minimum Gasteiger partial charge on any atom is -0.425 e. The Hall–Kier alpha value is -2.93. The summed E-state index contributed by atoms with van der Waals surface area (Å²) in [6.45, 7) is 4.65. The first kappa shape index (κ1) is 17.2. The molecule has 142 valence electrons. The van der Waals surface area contributed by atoms with E-state index in [2.05, 4.69) is 11.8 Å². The number of anilines is 2. The van der Waals surface area contributed by atoms with Gasteiger partial charge >= 0.3 is 11.6 Å². The van der Waals surface area contributed by atoms with Gasteiger partial charge in [-0.2, -0.15) is 0 Å². The number of carbonyl (C=O) groups excluding carboxylic acids is 1. The molecule has 5 rings (SSSR count). The van der Waals surface area contributed by atoms with E-state index in [9.17, 15) is 9.59 Å². The molecular weight excluding hydrogens is 376 g/mol. The molecule has 0 saturated carbocycles. The van der Waals surface area contributed by atoms with Crippen molar-refractivity contribution < 1.29 is 13.9 Å². The average Bonchev–Trinajstić information content (AvgIpc) is 2.65. The summed E-state index contributed by atoms with van der Waals surface area (Å²) in [6, 6.07) is 10.7. The van der Waals surface area contributed by atoms with Crippen LogP contribution in [0.1, 0.15) is 24.1 Å². The molecule has 28 heavy (non-hydrogen) atoms. The molecular formula is C21H18N2O4S. The van der Waals surface area contributed by atoms with Crippen molar-refractivity contribution in [1.29, 1.82) is 0 Å². The lowest BCUT2D eigenvalue weighted by atomic mass is 9.94. The van der Waals surface area contributed by atoms with Gasteiger partial charge in [-0.15, -0.1) is 11.8 Å². The lowest BCUT2D eigenvalue weighted by molar-refractivity contribution is -0.135. The molecule has 2 aromatic carbocycles. The second-order valence-electron chi connectivity index (χ2n) is 7.05. The molecule has 3 aromatic rings. The number of benzene rings is 2. The van der Waals surface area contributed by atoms with Gasteiger partial charge in [0.2, 0.25) is 0 Å². The molecule has 7 heteroatoms.